The molecule has 0 fully saturated rings. The molecule has 1 atom stereocenters. The third kappa shape index (κ3) is 10.3. The highest BCUT2D eigenvalue weighted by atomic mass is 35.5. The van der Waals surface area contributed by atoms with E-state index in [2.05, 4.69) is 16.8 Å². The van der Waals surface area contributed by atoms with Crippen LogP contribution in [0.25, 0.3) is 0 Å². The summed E-state index contributed by atoms with van der Waals surface area (Å²) in [5.74, 6) is 0.0104. The second-order valence-corrected chi connectivity index (χ2v) is 3.42. The highest BCUT2D eigenvalue weighted by Gasteiger charge is 2.19. The molecule has 0 aromatic heterocycles. The van der Waals surface area contributed by atoms with Gasteiger partial charge in [0.2, 0.25) is 0 Å². The van der Waals surface area contributed by atoms with Gasteiger partial charge >= 0.3 is 5.97 Å². The maximum Gasteiger partial charge on any atom is 0.332 e. The first-order chi connectivity index (χ1) is 6.11. The van der Waals surface area contributed by atoms with Crippen molar-refractivity contribution in [2.75, 3.05) is 13.2 Å². The van der Waals surface area contributed by atoms with Crippen molar-refractivity contribution >= 4 is 43.2 Å². The number of esters is 1. The van der Waals surface area contributed by atoms with Crippen molar-refractivity contribution in [3.05, 3.63) is 0 Å². The van der Waals surface area contributed by atoms with E-state index in [9.17, 15) is 4.79 Å². The molecule has 92 valence electrons. The summed E-state index contributed by atoms with van der Waals surface area (Å²) in [6.45, 7) is 4.57. The lowest BCUT2D eigenvalue weighted by Gasteiger charge is -2.11. The van der Waals surface area contributed by atoms with E-state index >= 15 is 0 Å². The Kier molecular flexibility index (Phi) is 16.5. The van der Waals surface area contributed by atoms with E-state index in [1.54, 1.807) is 0 Å². The molecule has 0 aromatic carbocycles. The molecule has 0 unspecified atom stereocenters. The Morgan fingerprint density at radius 2 is 2.00 bits per heavy atom. The zero-order chi connectivity index (χ0) is 10.3. The third-order valence-corrected chi connectivity index (χ3v) is 1.71. The number of carbonyl (C=O) groups excluding carboxylic acids is 1. The first-order valence-corrected chi connectivity index (χ1v) is 4.67. The molecule has 0 aliphatic carbocycles. The summed E-state index contributed by atoms with van der Waals surface area (Å²) in [6.07, 6.45) is 0.632. The second kappa shape index (κ2) is 12.1. The molecule has 0 heterocycles. The predicted molar refractivity (Wildman–Crippen MR) is 67.5 cm³/mol. The molecule has 7 heteroatoms. The number of halogens is 2. The minimum Gasteiger partial charge on any atom is -0.463 e. The molecule has 4 nitrogen and oxygen atoms in total. The topological polar surface area (TPSA) is 64.7 Å². The summed E-state index contributed by atoms with van der Waals surface area (Å²) >= 11 is 4.51. The number of ether oxygens (including phenoxy) is 1. The van der Waals surface area contributed by atoms with E-state index < -0.39 is 6.04 Å². The molecule has 0 rings (SSSR count). The predicted octanol–water partition coefficient (Wildman–Crippen LogP) is 1.48. The SMILES string of the molecule is CC(C)C[C@H](N=S)C(=O)OCCN.Cl.Cl. The average molecular weight is 277 g/mol. The van der Waals surface area contributed by atoms with Crippen LogP contribution in [0.4, 0.5) is 0 Å². The number of rotatable bonds is 6. The van der Waals surface area contributed by atoms with Crippen molar-refractivity contribution in [1.29, 1.82) is 0 Å². The van der Waals surface area contributed by atoms with Crippen molar-refractivity contribution in [2.24, 2.45) is 16.0 Å². The fourth-order valence-electron chi connectivity index (χ4n) is 0.885. The van der Waals surface area contributed by atoms with Gasteiger partial charge in [0.1, 0.15) is 6.61 Å². The van der Waals surface area contributed by atoms with Crippen LogP contribution in [0.3, 0.4) is 0 Å². The van der Waals surface area contributed by atoms with Crippen molar-refractivity contribution < 1.29 is 9.53 Å². The summed E-state index contributed by atoms with van der Waals surface area (Å²) in [5.41, 5.74) is 5.19. The molecule has 0 aliphatic rings. The standard InChI is InChI=1S/C8H16N2O2S.2ClH/c1-6(2)5-7(10-13)8(11)12-4-3-9;;/h6-7H,3-5,9H2,1-2H3;2*1H/t7-;;/m0../s1. The van der Waals surface area contributed by atoms with Crippen LogP contribution >= 0.6 is 24.8 Å². The van der Waals surface area contributed by atoms with E-state index in [1.165, 1.54) is 0 Å². The lowest BCUT2D eigenvalue weighted by molar-refractivity contribution is -0.145. The molecular formula is C8H18Cl2N2O2S. The quantitative estimate of drug-likeness (QED) is 0.747. The Bertz CT molecular complexity index is 182. The van der Waals surface area contributed by atoms with Gasteiger partial charge in [0.25, 0.3) is 0 Å². The minimum atomic E-state index is -0.512. The van der Waals surface area contributed by atoms with Gasteiger partial charge in [-0.2, -0.15) is 0 Å². The molecule has 0 spiro atoms. The van der Waals surface area contributed by atoms with Crippen LogP contribution in [0, 0.1) is 5.92 Å². The van der Waals surface area contributed by atoms with E-state index in [4.69, 9.17) is 10.5 Å². The van der Waals surface area contributed by atoms with Gasteiger partial charge in [-0.05, 0) is 12.3 Å². The molecule has 0 radical (unpaired) electrons. The Balaban J connectivity index is -0.000000720. The summed E-state index contributed by atoms with van der Waals surface area (Å²) in [6, 6.07) is -0.512. The van der Waals surface area contributed by atoms with Gasteiger partial charge in [-0.3, -0.25) is 0 Å². The highest BCUT2D eigenvalue weighted by Crippen LogP contribution is 2.09. The van der Waals surface area contributed by atoms with E-state index in [0.29, 0.717) is 18.9 Å². The van der Waals surface area contributed by atoms with Crippen LogP contribution in [-0.2, 0) is 22.0 Å². The largest absolute Gasteiger partial charge is 0.463 e. The van der Waals surface area contributed by atoms with Crippen molar-refractivity contribution in [3.8, 4) is 0 Å². The molecule has 0 amide bonds. The Morgan fingerprint density at radius 3 is 2.33 bits per heavy atom. The number of hydrogen-bond acceptors (Lipinski definition) is 5. The fourth-order valence-corrected chi connectivity index (χ4v) is 1.06. The normalized spacial score (nSPS) is 10.9. The van der Waals surface area contributed by atoms with Gasteiger partial charge in [-0.1, -0.05) is 13.8 Å². The first-order valence-electron chi connectivity index (χ1n) is 4.31. The highest BCUT2D eigenvalue weighted by molar-refractivity contribution is 7.47. The maximum absolute atomic E-state index is 11.2. The Morgan fingerprint density at radius 1 is 1.47 bits per heavy atom. The number of nitrogens with zero attached hydrogens (tertiary/aromatic N) is 1. The van der Waals surface area contributed by atoms with Crippen LogP contribution in [0.15, 0.2) is 4.36 Å². The van der Waals surface area contributed by atoms with Gasteiger partial charge in [0.15, 0.2) is 6.04 Å². The Labute approximate surface area is 108 Å². The first kappa shape index (κ1) is 20.4. The molecule has 0 aliphatic heterocycles. The van der Waals surface area contributed by atoms with E-state index in [-0.39, 0.29) is 37.4 Å². The van der Waals surface area contributed by atoms with Gasteiger partial charge in [0, 0.05) is 19.0 Å². The molecule has 15 heavy (non-hydrogen) atoms. The summed E-state index contributed by atoms with van der Waals surface area (Å²) in [7, 11) is 0. The minimum absolute atomic E-state index is 0. The molecule has 0 bridgehead atoms. The maximum atomic E-state index is 11.2. The smallest absolute Gasteiger partial charge is 0.332 e. The molecule has 0 saturated heterocycles. The van der Waals surface area contributed by atoms with Crippen LogP contribution in [0.1, 0.15) is 20.3 Å². The zero-order valence-electron chi connectivity index (χ0n) is 8.84. The van der Waals surface area contributed by atoms with Crippen LogP contribution in [0.2, 0.25) is 0 Å². The number of carbonyl (C=O) groups is 1. The van der Waals surface area contributed by atoms with Gasteiger partial charge in [-0.15, -0.1) is 24.8 Å². The van der Waals surface area contributed by atoms with E-state index in [0.717, 1.165) is 0 Å². The summed E-state index contributed by atoms with van der Waals surface area (Å²) < 4.78 is 8.37. The lowest BCUT2D eigenvalue weighted by atomic mass is 10.1. The lowest BCUT2D eigenvalue weighted by Crippen LogP contribution is -2.25. The second-order valence-electron chi connectivity index (χ2n) is 3.21. The Hall–Kier alpha value is 0.0300. The molecule has 0 saturated carbocycles. The van der Waals surface area contributed by atoms with Crippen LogP contribution in [0.5, 0.6) is 0 Å². The summed E-state index contributed by atoms with van der Waals surface area (Å²) in [4.78, 5) is 11.2. The fraction of sp³-hybridized carbons (Fsp3) is 0.875. The van der Waals surface area contributed by atoms with Crippen molar-refractivity contribution in [3.63, 3.8) is 0 Å². The monoisotopic (exact) mass is 276 g/mol. The van der Waals surface area contributed by atoms with Gasteiger partial charge in [0.05, 0.1) is 0 Å². The number of nitrogens with two attached hydrogens (primary N) is 1. The van der Waals surface area contributed by atoms with Gasteiger partial charge in [-0.25, -0.2) is 9.16 Å². The van der Waals surface area contributed by atoms with Crippen molar-refractivity contribution in [2.45, 2.75) is 26.3 Å². The third-order valence-electron chi connectivity index (χ3n) is 1.46. The average Bonchev–Trinajstić information content (AvgIpc) is 2.09. The molecular weight excluding hydrogens is 259 g/mol. The summed E-state index contributed by atoms with van der Waals surface area (Å²) in [5, 5.41) is 0. The number of hydrogen-bond donors (Lipinski definition) is 1. The molecule has 0 aromatic rings. The van der Waals surface area contributed by atoms with E-state index in [1.807, 2.05) is 13.8 Å². The van der Waals surface area contributed by atoms with Gasteiger partial charge < -0.3 is 10.5 Å². The molecule has 2 N–H and O–H groups in total. The zero-order valence-corrected chi connectivity index (χ0v) is 11.3. The van der Waals surface area contributed by atoms with Crippen LogP contribution < -0.4 is 5.73 Å². The van der Waals surface area contributed by atoms with Crippen molar-refractivity contribution in [1.82, 2.24) is 0 Å². The van der Waals surface area contributed by atoms with Crippen LogP contribution in [-0.4, -0.2) is 25.2 Å².